The molecule has 0 radical (unpaired) electrons. The summed E-state index contributed by atoms with van der Waals surface area (Å²) in [6, 6.07) is 11.8. The zero-order valence-electron chi connectivity index (χ0n) is 16.2. The van der Waals surface area contributed by atoms with Gasteiger partial charge in [-0.1, -0.05) is 6.07 Å². The van der Waals surface area contributed by atoms with Crippen molar-refractivity contribution in [2.24, 2.45) is 0 Å². The number of aromatic amines is 1. The molecule has 1 aliphatic rings. The number of H-pyrrole nitrogens is 1. The average Bonchev–Trinajstić information content (AvgIpc) is 3.39. The molecule has 1 fully saturated rings. The second kappa shape index (κ2) is 8.89. The lowest BCUT2D eigenvalue weighted by atomic mass is 10.2. The van der Waals surface area contributed by atoms with Crippen LogP contribution in [-0.2, 0) is 17.9 Å². The first kappa shape index (κ1) is 19.8. The largest absolute Gasteiger partial charge is 0.497 e. The number of ether oxygens (including phenoxy) is 1. The number of carbonyl (C=O) groups excluding carboxylic acids is 1. The van der Waals surface area contributed by atoms with Gasteiger partial charge >= 0.3 is 0 Å². The van der Waals surface area contributed by atoms with Crippen molar-refractivity contribution in [3.05, 3.63) is 51.4 Å². The highest BCUT2D eigenvalue weighted by Crippen LogP contribution is 2.21. The second-order valence-electron chi connectivity index (χ2n) is 6.90. The molecule has 29 heavy (non-hydrogen) atoms. The van der Waals surface area contributed by atoms with Crippen molar-refractivity contribution in [3.8, 4) is 17.1 Å². The molecule has 1 aliphatic heterocycles. The lowest BCUT2D eigenvalue weighted by molar-refractivity contribution is -0.133. The average molecular weight is 430 g/mol. The molecule has 152 valence electrons. The van der Waals surface area contributed by atoms with Crippen LogP contribution in [0.1, 0.15) is 4.88 Å². The molecule has 9 heteroatoms. The Morgan fingerprint density at radius 2 is 1.97 bits per heavy atom. The van der Waals surface area contributed by atoms with Gasteiger partial charge in [0.2, 0.25) is 5.91 Å². The van der Waals surface area contributed by atoms with Gasteiger partial charge in [0.1, 0.15) is 12.3 Å². The van der Waals surface area contributed by atoms with Crippen LogP contribution in [0.5, 0.6) is 5.75 Å². The van der Waals surface area contributed by atoms with E-state index in [0.717, 1.165) is 44.0 Å². The molecule has 0 bridgehead atoms. The monoisotopic (exact) mass is 429 g/mol. The number of nitrogens with one attached hydrogen (secondary N) is 1. The third kappa shape index (κ3) is 4.58. The van der Waals surface area contributed by atoms with Gasteiger partial charge in [0.05, 0.1) is 7.11 Å². The van der Waals surface area contributed by atoms with Gasteiger partial charge in [0, 0.05) is 43.2 Å². The second-order valence-corrected chi connectivity index (χ2v) is 8.32. The molecule has 3 heterocycles. The Morgan fingerprint density at radius 3 is 2.62 bits per heavy atom. The van der Waals surface area contributed by atoms with E-state index >= 15 is 0 Å². The lowest BCUT2D eigenvalue weighted by Crippen LogP contribution is -2.49. The Labute approximate surface area is 178 Å². The number of benzene rings is 1. The van der Waals surface area contributed by atoms with Crippen LogP contribution < -0.4 is 4.74 Å². The predicted octanol–water partition coefficient (Wildman–Crippen LogP) is 3.02. The summed E-state index contributed by atoms with van der Waals surface area (Å²) in [6.45, 7) is 4.35. The number of rotatable bonds is 6. The van der Waals surface area contributed by atoms with Gasteiger partial charge in [-0.2, -0.15) is 5.10 Å². The van der Waals surface area contributed by atoms with Crippen LogP contribution in [0.4, 0.5) is 0 Å². The molecule has 1 N–H and O–H groups in total. The summed E-state index contributed by atoms with van der Waals surface area (Å²) in [7, 11) is 1.63. The van der Waals surface area contributed by atoms with Crippen LogP contribution in [0.3, 0.4) is 0 Å². The number of piperazine rings is 1. The quantitative estimate of drug-likeness (QED) is 0.610. The highest BCUT2D eigenvalue weighted by atomic mass is 32.1. The molecule has 3 aromatic rings. The summed E-state index contributed by atoms with van der Waals surface area (Å²) in [6.07, 6.45) is 0. The maximum absolute atomic E-state index is 12.9. The number of amides is 1. The summed E-state index contributed by atoms with van der Waals surface area (Å²) in [5, 5.41) is 9.23. The summed E-state index contributed by atoms with van der Waals surface area (Å²) >= 11 is 7.14. The number of nitrogens with zero attached hydrogens (tertiary/aromatic N) is 4. The van der Waals surface area contributed by atoms with Crippen LogP contribution in [-0.4, -0.2) is 63.8 Å². The van der Waals surface area contributed by atoms with Gasteiger partial charge < -0.3 is 9.64 Å². The molecular formula is C20H23N5O2S2. The SMILES string of the molecule is COc1ccc(-c2n[nH]c(=S)n2CC(=O)N2CCN(Cc3cccs3)CC2)cc1. The van der Waals surface area contributed by atoms with Gasteiger partial charge in [-0.05, 0) is 47.9 Å². The molecule has 0 aliphatic carbocycles. The Hall–Kier alpha value is -2.49. The van der Waals surface area contributed by atoms with Crippen molar-refractivity contribution in [2.45, 2.75) is 13.1 Å². The van der Waals surface area contributed by atoms with Crippen LogP contribution in [0.2, 0.25) is 0 Å². The summed E-state index contributed by atoms with van der Waals surface area (Å²) in [5.41, 5.74) is 0.881. The van der Waals surface area contributed by atoms with E-state index in [1.54, 1.807) is 23.0 Å². The van der Waals surface area contributed by atoms with Crippen molar-refractivity contribution >= 4 is 29.5 Å². The molecule has 1 saturated heterocycles. The molecule has 1 aromatic carbocycles. The molecule has 0 unspecified atom stereocenters. The number of methoxy groups -OCH3 is 1. The molecule has 0 saturated carbocycles. The highest BCUT2D eigenvalue weighted by Gasteiger charge is 2.23. The predicted molar refractivity (Wildman–Crippen MR) is 116 cm³/mol. The van der Waals surface area contributed by atoms with E-state index in [0.29, 0.717) is 10.6 Å². The Bertz CT molecular complexity index is 1000. The zero-order valence-corrected chi connectivity index (χ0v) is 17.8. The van der Waals surface area contributed by atoms with E-state index < -0.39 is 0 Å². The van der Waals surface area contributed by atoms with Crippen molar-refractivity contribution < 1.29 is 9.53 Å². The number of hydrogen-bond donors (Lipinski definition) is 1. The fourth-order valence-corrected chi connectivity index (χ4v) is 4.38. The molecule has 0 atom stereocenters. The van der Waals surface area contributed by atoms with Crippen LogP contribution >= 0.6 is 23.6 Å². The Kier molecular flexibility index (Phi) is 6.08. The fraction of sp³-hybridized carbons (Fsp3) is 0.350. The summed E-state index contributed by atoms with van der Waals surface area (Å²) < 4.78 is 7.41. The number of thiophene rings is 1. The smallest absolute Gasteiger partial charge is 0.242 e. The van der Waals surface area contributed by atoms with E-state index in [9.17, 15) is 4.79 Å². The first-order valence-electron chi connectivity index (χ1n) is 9.46. The minimum atomic E-state index is 0.0630. The van der Waals surface area contributed by atoms with Crippen LogP contribution in [0.15, 0.2) is 41.8 Å². The van der Waals surface area contributed by atoms with Gasteiger partial charge in [0.25, 0.3) is 0 Å². The van der Waals surface area contributed by atoms with Crippen LogP contribution in [0, 0.1) is 4.77 Å². The van der Waals surface area contributed by atoms with Crippen molar-refractivity contribution in [2.75, 3.05) is 33.3 Å². The van der Waals surface area contributed by atoms with Gasteiger partial charge in [-0.3, -0.25) is 19.4 Å². The highest BCUT2D eigenvalue weighted by molar-refractivity contribution is 7.71. The Balaban J connectivity index is 1.40. The van der Waals surface area contributed by atoms with E-state index in [1.807, 2.05) is 29.2 Å². The van der Waals surface area contributed by atoms with E-state index in [4.69, 9.17) is 17.0 Å². The van der Waals surface area contributed by atoms with Gasteiger partial charge in [-0.15, -0.1) is 11.3 Å². The molecule has 4 rings (SSSR count). The Morgan fingerprint density at radius 1 is 1.21 bits per heavy atom. The van der Waals surface area contributed by atoms with Crippen molar-refractivity contribution in [3.63, 3.8) is 0 Å². The van der Waals surface area contributed by atoms with Crippen LogP contribution in [0.25, 0.3) is 11.4 Å². The standard InChI is InChI=1S/C20H23N5O2S2/c1-27-16-6-4-15(5-7-16)19-21-22-20(28)25(19)14-18(26)24-10-8-23(9-11-24)13-17-3-2-12-29-17/h2-7,12H,8-11,13-14H2,1H3,(H,22,28). The molecule has 7 nitrogen and oxygen atoms in total. The van der Waals surface area contributed by atoms with E-state index in [1.165, 1.54) is 4.88 Å². The first-order chi connectivity index (χ1) is 14.1. The minimum Gasteiger partial charge on any atom is -0.497 e. The normalized spacial score (nSPS) is 14.9. The number of carbonyl (C=O) groups is 1. The number of aromatic nitrogens is 3. The van der Waals surface area contributed by atoms with Gasteiger partial charge in [0.15, 0.2) is 10.6 Å². The lowest BCUT2D eigenvalue weighted by Gasteiger charge is -2.34. The number of hydrogen-bond acceptors (Lipinski definition) is 6. The third-order valence-corrected chi connectivity index (χ3v) is 6.26. The van der Waals surface area contributed by atoms with Crippen molar-refractivity contribution in [1.29, 1.82) is 0 Å². The third-order valence-electron chi connectivity index (χ3n) is 5.08. The zero-order chi connectivity index (χ0) is 20.2. The molecule has 1 amide bonds. The summed E-state index contributed by atoms with van der Waals surface area (Å²) in [5.74, 6) is 1.49. The minimum absolute atomic E-state index is 0.0630. The first-order valence-corrected chi connectivity index (χ1v) is 10.7. The van der Waals surface area contributed by atoms with Gasteiger partial charge in [-0.25, -0.2) is 0 Å². The topological polar surface area (TPSA) is 66.4 Å². The van der Waals surface area contributed by atoms with Crippen molar-refractivity contribution in [1.82, 2.24) is 24.6 Å². The van der Waals surface area contributed by atoms with E-state index in [2.05, 4.69) is 32.6 Å². The maximum atomic E-state index is 12.9. The summed E-state index contributed by atoms with van der Waals surface area (Å²) in [4.78, 5) is 18.6. The fourth-order valence-electron chi connectivity index (χ4n) is 3.44. The maximum Gasteiger partial charge on any atom is 0.242 e. The molecular weight excluding hydrogens is 406 g/mol. The molecule has 2 aromatic heterocycles. The molecule has 0 spiro atoms. The van der Waals surface area contributed by atoms with E-state index in [-0.39, 0.29) is 12.5 Å².